The Hall–Kier alpha value is -1.08. The van der Waals surface area contributed by atoms with Crippen molar-refractivity contribution < 1.29 is 0 Å². The van der Waals surface area contributed by atoms with Crippen LogP contribution in [0.4, 0.5) is 0 Å². The molecule has 0 aliphatic heterocycles. The van der Waals surface area contributed by atoms with Crippen LogP contribution in [0.3, 0.4) is 0 Å². The smallest absolute Gasteiger partial charge is 0.0266 e. The molecule has 1 unspecified atom stereocenters. The van der Waals surface area contributed by atoms with E-state index >= 15 is 0 Å². The first kappa shape index (κ1) is 16.3. The van der Waals surface area contributed by atoms with Crippen molar-refractivity contribution in [2.45, 2.75) is 65.2 Å². The predicted octanol–water partition coefficient (Wildman–Crippen LogP) is 6.32. The fourth-order valence-corrected chi connectivity index (χ4v) is 3.91. The van der Waals surface area contributed by atoms with E-state index in [9.17, 15) is 0 Å². The van der Waals surface area contributed by atoms with Gasteiger partial charge in [-0.1, -0.05) is 65.8 Å². The van der Waals surface area contributed by atoms with Crippen LogP contribution in [0, 0.1) is 0 Å². The van der Waals surface area contributed by atoms with Crippen molar-refractivity contribution in [2.24, 2.45) is 0 Å². The highest BCUT2D eigenvalue weighted by atomic mass is 32.1. The van der Waals surface area contributed by atoms with Crippen molar-refractivity contribution in [1.82, 2.24) is 0 Å². The second-order valence-corrected chi connectivity index (χ2v) is 8.30. The largest absolute Gasteiger partial charge is 0.144 e. The molecule has 0 N–H and O–H groups in total. The van der Waals surface area contributed by atoms with Crippen LogP contribution in [-0.4, -0.2) is 0 Å². The van der Waals surface area contributed by atoms with E-state index < -0.39 is 0 Å². The highest BCUT2D eigenvalue weighted by Gasteiger charge is 2.29. The van der Waals surface area contributed by atoms with Crippen LogP contribution in [0.5, 0.6) is 0 Å². The van der Waals surface area contributed by atoms with Gasteiger partial charge < -0.3 is 0 Å². The Morgan fingerprint density at radius 2 is 1.38 bits per heavy atom. The minimum atomic E-state index is 0.133. The van der Waals surface area contributed by atoms with Gasteiger partial charge in [-0.05, 0) is 41.5 Å². The Labute approximate surface area is 134 Å². The van der Waals surface area contributed by atoms with E-state index in [1.807, 2.05) is 11.3 Å². The molecule has 21 heavy (non-hydrogen) atoms. The highest BCUT2D eigenvalue weighted by molar-refractivity contribution is 7.12. The zero-order valence-electron chi connectivity index (χ0n) is 14.3. The molecule has 1 heteroatoms. The van der Waals surface area contributed by atoms with E-state index in [1.165, 1.54) is 20.9 Å². The van der Waals surface area contributed by atoms with Crippen LogP contribution < -0.4 is 0 Å². The molecule has 0 radical (unpaired) electrons. The molecule has 2 aromatic rings. The summed E-state index contributed by atoms with van der Waals surface area (Å²) in [5, 5.41) is 0. The molecule has 0 nitrogen and oxygen atoms in total. The fraction of sp³-hybridized carbons (Fsp3) is 0.500. The summed E-state index contributed by atoms with van der Waals surface area (Å²) in [6, 6.07) is 13.9. The molecule has 1 heterocycles. The molecule has 0 aliphatic rings. The summed E-state index contributed by atoms with van der Waals surface area (Å²) in [5.74, 6) is 0. The quantitative estimate of drug-likeness (QED) is 0.619. The number of benzene rings is 1. The summed E-state index contributed by atoms with van der Waals surface area (Å²) in [5.41, 5.74) is 3.20. The first-order chi connectivity index (χ1) is 9.81. The first-order valence-corrected chi connectivity index (χ1v) is 8.83. The topological polar surface area (TPSA) is 0 Å². The van der Waals surface area contributed by atoms with Gasteiger partial charge in [-0.25, -0.2) is 0 Å². The Bertz CT molecular complexity index is 583. The Morgan fingerprint density at radius 1 is 0.810 bits per heavy atom. The Balaban J connectivity index is 2.40. The minimum absolute atomic E-state index is 0.133. The summed E-state index contributed by atoms with van der Waals surface area (Å²) in [6.07, 6.45) is 2.26. The molecule has 2 rings (SSSR count). The van der Waals surface area contributed by atoms with E-state index in [-0.39, 0.29) is 10.8 Å². The van der Waals surface area contributed by atoms with E-state index in [1.54, 1.807) is 0 Å². The first-order valence-electron chi connectivity index (χ1n) is 8.01. The van der Waals surface area contributed by atoms with Gasteiger partial charge in [-0.3, -0.25) is 0 Å². The SMILES string of the molecule is CCc1ccc(C(C)(CC)c2ccc(C(C)(C)C)cc2)s1. The van der Waals surface area contributed by atoms with Gasteiger partial charge in [-0.2, -0.15) is 0 Å². The number of rotatable bonds is 4. The molecule has 0 amide bonds. The molecular weight excluding hydrogens is 272 g/mol. The fourth-order valence-electron chi connectivity index (χ4n) is 2.72. The average molecular weight is 301 g/mol. The van der Waals surface area contributed by atoms with Gasteiger partial charge in [0, 0.05) is 15.2 Å². The molecule has 0 aliphatic carbocycles. The van der Waals surface area contributed by atoms with Gasteiger partial charge in [0.05, 0.1) is 0 Å². The molecule has 1 aromatic carbocycles. The molecule has 1 aromatic heterocycles. The maximum atomic E-state index is 2.38. The maximum Gasteiger partial charge on any atom is 0.0266 e. The summed E-state index contributed by atoms with van der Waals surface area (Å²) in [7, 11) is 0. The molecule has 0 saturated heterocycles. The van der Waals surface area contributed by atoms with E-state index in [4.69, 9.17) is 0 Å². The molecule has 0 saturated carbocycles. The van der Waals surface area contributed by atoms with Crippen molar-refractivity contribution in [3.8, 4) is 0 Å². The lowest BCUT2D eigenvalue weighted by Crippen LogP contribution is -2.21. The van der Waals surface area contributed by atoms with Crippen LogP contribution in [-0.2, 0) is 17.3 Å². The molecular formula is C20H28S. The zero-order valence-corrected chi connectivity index (χ0v) is 15.1. The third-order valence-electron chi connectivity index (χ3n) is 4.65. The van der Waals surface area contributed by atoms with E-state index in [2.05, 4.69) is 77.9 Å². The van der Waals surface area contributed by atoms with Crippen LogP contribution in [0.25, 0.3) is 0 Å². The maximum absolute atomic E-state index is 2.38. The van der Waals surface area contributed by atoms with Gasteiger partial charge in [0.2, 0.25) is 0 Å². The number of aryl methyl sites for hydroxylation is 1. The van der Waals surface area contributed by atoms with Crippen LogP contribution in [0.15, 0.2) is 36.4 Å². The van der Waals surface area contributed by atoms with Crippen LogP contribution in [0.1, 0.15) is 68.8 Å². The van der Waals surface area contributed by atoms with Crippen molar-refractivity contribution >= 4 is 11.3 Å². The van der Waals surface area contributed by atoms with Crippen LogP contribution in [0.2, 0.25) is 0 Å². The number of thiophene rings is 1. The van der Waals surface area contributed by atoms with Gasteiger partial charge in [0.15, 0.2) is 0 Å². The second-order valence-electron chi connectivity index (χ2n) is 7.13. The third-order valence-corrected chi connectivity index (χ3v) is 6.14. The van der Waals surface area contributed by atoms with Gasteiger partial charge in [0.25, 0.3) is 0 Å². The molecule has 0 bridgehead atoms. The molecule has 0 spiro atoms. The summed E-state index contributed by atoms with van der Waals surface area (Å²) < 4.78 is 0. The Morgan fingerprint density at radius 3 is 1.81 bits per heavy atom. The molecule has 114 valence electrons. The predicted molar refractivity (Wildman–Crippen MR) is 95.6 cm³/mol. The van der Waals surface area contributed by atoms with Crippen molar-refractivity contribution in [3.63, 3.8) is 0 Å². The minimum Gasteiger partial charge on any atom is -0.144 e. The van der Waals surface area contributed by atoms with Gasteiger partial charge in [0.1, 0.15) is 0 Å². The molecule has 1 atom stereocenters. The van der Waals surface area contributed by atoms with Crippen molar-refractivity contribution in [3.05, 3.63) is 57.3 Å². The lowest BCUT2D eigenvalue weighted by molar-refractivity contribution is 0.557. The monoisotopic (exact) mass is 300 g/mol. The third kappa shape index (κ3) is 3.23. The van der Waals surface area contributed by atoms with Crippen molar-refractivity contribution in [2.75, 3.05) is 0 Å². The Kier molecular flexibility index (Phi) is 4.63. The number of hydrogen-bond acceptors (Lipinski definition) is 1. The number of hydrogen-bond donors (Lipinski definition) is 0. The standard InChI is InChI=1S/C20H28S/c1-7-17-13-14-18(21-17)20(6,8-2)16-11-9-15(10-12-16)19(3,4)5/h9-14H,7-8H2,1-6H3. The summed E-state index contributed by atoms with van der Waals surface area (Å²) in [6.45, 7) is 13.7. The summed E-state index contributed by atoms with van der Waals surface area (Å²) >= 11 is 1.97. The zero-order chi connectivity index (χ0) is 15.7. The normalized spacial score (nSPS) is 15.0. The lowest BCUT2D eigenvalue weighted by Gasteiger charge is -2.29. The second kappa shape index (κ2) is 5.96. The van der Waals surface area contributed by atoms with E-state index in [0.717, 1.165) is 12.8 Å². The lowest BCUT2D eigenvalue weighted by atomic mass is 9.77. The molecule has 0 fully saturated rings. The average Bonchev–Trinajstić information content (AvgIpc) is 2.95. The van der Waals surface area contributed by atoms with Gasteiger partial charge >= 0.3 is 0 Å². The van der Waals surface area contributed by atoms with Crippen molar-refractivity contribution in [1.29, 1.82) is 0 Å². The highest BCUT2D eigenvalue weighted by Crippen LogP contribution is 2.39. The van der Waals surface area contributed by atoms with Crippen LogP contribution >= 0.6 is 11.3 Å². The summed E-state index contributed by atoms with van der Waals surface area (Å²) in [4.78, 5) is 2.97. The van der Waals surface area contributed by atoms with Gasteiger partial charge in [-0.15, -0.1) is 11.3 Å². The van der Waals surface area contributed by atoms with E-state index in [0.29, 0.717) is 0 Å².